The summed E-state index contributed by atoms with van der Waals surface area (Å²) in [6.07, 6.45) is 0.524. The van der Waals surface area contributed by atoms with Gasteiger partial charge in [0.25, 0.3) is 0 Å². The Balaban J connectivity index is 2.05. The Labute approximate surface area is 142 Å². The normalized spacial score (nSPS) is 25.6. The zero-order valence-corrected chi connectivity index (χ0v) is 14.9. The van der Waals surface area contributed by atoms with Crippen molar-refractivity contribution in [3.05, 3.63) is 28.8 Å². The van der Waals surface area contributed by atoms with Crippen LogP contribution in [0, 0.1) is 5.41 Å². The third-order valence-corrected chi connectivity index (χ3v) is 5.15. The Hall–Kier alpha value is -1.30. The molecule has 0 aromatic heterocycles. The summed E-state index contributed by atoms with van der Waals surface area (Å²) >= 11 is 6.01. The molecule has 1 amide bonds. The van der Waals surface area contributed by atoms with Gasteiger partial charge in [0.2, 0.25) is 5.91 Å². The maximum absolute atomic E-state index is 12.6. The summed E-state index contributed by atoms with van der Waals surface area (Å²) in [5, 5.41) is 3.50. The van der Waals surface area contributed by atoms with Crippen LogP contribution in [0.15, 0.2) is 18.2 Å². The lowest BCUT2D eigenvalue weighted by molar-refractivity contribution is -0.170. The molecule has 2 atom stereocenters. The molecular formula is C17H25ClN2O3. The fourth-order valence-corrected chi connectivity index (χ4v) is 3.23. The Kier molecular flexibility index (Phi) is 5.23. The summed E-state index contributed by atoms with van der Waals surface area (Å²) in [4.78, 5) is 12.6. The van der Waals surface area contributed by atoms with Crippen LogP contribution in [0.3, 0.4) is 0 Å². The molecule has 1 aromatic rings. The molecule has 1 fully saturated rings. The number of nitrogens with two attached hydrogens (primary N) is 1. The molecule has 128 valence electrons. The van der Waals surface area contributed by atoms with Crippen molar-refractivity contribution in [2.24, 2.45) is 11.1 Å². The van der Waals surface area contributed by atoms with E-state index in [9.17, 15) is 4.79 Å². The molecule has 23 heavy (non-hydrogen) atoms. The molecule has 0 heterocycles. The SMILES string of the molecule is CCOC1CC(N)(C(=O)NCc2cc(Cl)ccc2OC)C1(C)C. The van der Waals surface area contributed by atoms with Crippen LogP contribution in [0.1, 0.15) is 32.8 Å². The minimum atomic E-state index is -0.932. The molecule has 1 aliphatic carbocycles. The van der Waals surface area contributed by atoms with E-state index in [1.807, 2.05) is 20.8 Å². The Bertz CT molecular complexity index is 591. The lowest BCUT2D eigenvalue weighted by Crippen LogP contribution is -2.75. The van der Waals surface area contributed by atoms with Gasteiger partial charge in [-0.15, -0.1) is 0 Å². The number of hydrogen-bond donors (Lipinski definition) is 2. The first-order valence-corrected chi connectivity index (χ1v) is 8.15. The Morgan fingerprint density at radius 2 is 2.17 bits per heavy atom. The standard InChI is InChI=1S/C17H25ClN2O3/c1-5-23-14-9-17(19,16(14,2)3)15(21)20-10-11-8-12(18)6-7-13(11)22-4/h6-8,14H,5,9-10,19H2,1-4H3,(H,20,21). The molecule has 0 aliphatic heterocycles. The molecule has 0 spiro atoms. The molecule has 3 N–H and O–H groups in total. The van der Waals surface area contributed by atoms with Crippen LogP contribution < -0.4 is 15.8 Å². The average molecular weight is 341 g/mol. The second kappa shape index (κ2) is 6.67. The fourth-order valence-electron chi connectivity index (χ4n) is 3.04. The zero-order valence-electron chi connectivity index (χ0n) is 14.1. The van der Waals surface area contributed by atoms with Crippen LogP contribution in [-0.2, 0) is 16.1 Å². The highest BCUT2D eigenvalue weighted by atomic mass is 35.5. The topological polar surface area (TPSA) is 73.6 Å². The number of benzene rings is 1. The monoisotopic (exact) mass is 340 g/mol. The van der Waals surface area contributed by atoms with E-state index in [1.54, 1.807) is 25.3 Å². The highest BCUT2D eigenvalue weighted by Crippen LogP contribution is 2.49. The van der Waals surface area contributed by atoms with Crippen LogP contribution in [-0.4, -0.2) is 31.3 Å². The smallest absolute Gasteiger partial charge is 0.241 e. The summed E-state index contributed by atoms with van der Waals surface area (Å²) in [6.45, 7) is 6.81. The molecule has 1 saturated carbocycles. The Morgan fingerprint density at radius 3 is 2.74 bits per heavy atom. The number of rotatable bonds is 6. The van der Waals surface area contributed by atoms with E-state index < -0.39 is 11.0 Å². The summed E-state index contributed by atoms with van der Waals surface area (Å²) in [6, 6.07) is 5.30. The number of halogens is 1. The molecule has 2 rings (SSSR count). The number of amides is 1. The van der Waals surface area contributed by atoms with Gasteiger partial charge in [-0.3, -0.25) is 4.79 Å². The summed E-state index contributed by atoms with van der Waals surface area (Å²) in [5.74, 6) is 0.501. The molecular weight excluding hydrogens is 316 g/mol. The number of hydrogen-bond acceptors (Lipinski definition) is 4. The zero-order chi connectivity index (χ0) is 17.3. The van der Waals surface area contributed by atoms with Gasteiger partial charge in [0.15, 0.2) is 0 Å². The van der Waals surface area contributed by atoms with Crippen molar-refractivity contribution in [1.82, 2.24) is 5.32 Å². The molecule has 5 nitrogen and oxygen atoms in total. The van der Waals surface area contributed by atoms with Gasteiger partial charge < -0.3 is 20.5 Å². The maximum atomic E-state index is 12.6. The van der Waals surface area contributed by atoms with Crippen LogP contribution in [0.4, 0.5) is 0 Å². The van der Waals surface area contributed by atoms with Gasteiger partial charge in [-0.05, 0) is 25.1 Å². The molecule has 0 radical (unpaired) electrons. The van der Waals surface area contributed by atoms with Gasteiger partial charge in [-0.2, -0.15) is 0 Å². The third-order valence-electron chi connectivity index (χ3n) is 4.92. The molecule has 1 aromatic carbocycles. The van der Waals surface area contributed by atoms with E-state index in [-0.39, 0.29) is 12.0 Å². The van der Waals surface area contributed by atoms with Crippen molar-refractivity contribution in [1.29, 1.82) is 0 Å². The second-order valence-corrected chi connectivity index (χ2v) is 6.92. The maximum Gasteiger partial charge on any atom is 0.241 e. The van der Waals surface area contributed by atoms with E-state index >= 15 is 0 Å². The Morgan fingerprint density at radius 1 is 1.48 bits per heavy atom. The van der Waals surface area contributed by atoms with Gasteiger partial charge in [0.1, 0.15) is 11.3 Å². The predicted octanol–water partition coefficient (Wildman–Crippen LogP) is 2.50. The van der Waals surface area contributed by atoms with Gasteiger partial charge in [-0.25, -0.2) is 0 Å². The van der Waals surface area contributed by atoms with Crippen LogP contribution in [0.25, 0.3) is 0 Å². The van der Waals surface area contributed by atoms with E-state index in [4.69, 9.17) is 26.8 Å². The quantitative estimate of drug-likeness (QED) is 0.834. The number of ether oxygens (including phenoxy) is 2. The lowest BCUT2D eigenvalue weighted by Gasteiger charge is -2.57. The largest absolute Gasteiger partial charge is 0.496 e. The van der Waals surface area contributed by atoms with Crippen molar-refractivity contribution >= 4 is 17.5 Å². The number of carbonyl (C=O) groups excluding carboxylic acids is 1. The third kappa shape index (κ3) is 3.18. The number of carbonyl (C=O) groups is 1. The van der Waals surface area contributed by atoms with Gasteiger partial charge in [0, 0.05) is 35.6 Å². The van der Waals surface area contributed by atoms with Crippen molar-refractivity contribution in [3.8, 4) is 5.75 Å². The van der Waals surface area contributed by atoms with Crippen molar-refractivity contribution in [2.75, 3.05) is 13.7 Å². The molecule has 2 unspecified atom stereocenters. The van der Waals surface area contributed by atoms with Crippen LogP contribution in [0.5, 0.6) is 5.75 Å². The molecule has 0 saturated heterocycles. The number of nitrogens with one attached hydrogen (secondary N) is 1. The van der Waals surface area contributed by atoms with Crippen LogP contribution in [0.2, 0.25) is 5.02 Å². The minimum absolute atomic E-state index is 0.00366. The highest BCUT2D eigenvalue weighted by molar-refractivity contribution is 6.30. The first-order chi connectivity index (χ1) is 10.8. The number of methoxy groups -OCH3 is 1. The summed E-state index contributed by atoms with van der Waals surface area (Å²) in [7, 11) is 1.58. The molecule has 0 bridgehead atoms. The van der Waals surface area contributed by atoms with Gasteiger partial charge in [0.05, 0.1) is 13.2 Å². The summed E-state index contributed by atoms with van der Waals surface area (Å²) in [5.41, 5.74) is 5.83. The van der Waals surface area contributed by atoms with Crippen molar-refractivity contribution in [3.63, 3.8) is 0 Å². The van der Waals surface area contributed by atoms with E-state index in [1.165, 1.54) is 0 Å². The van der Waals surface area contributed by atoms with Gasteiger partial charge in [-0.1, -0.05) is 25.4 Å². The molecule has 1 aliphatic rings. The first kappa shape index (κ1) is 18.0. The highest BCUT2D eigenvalue weighted by Gasteiger charge is 2.62. The van der Waals surface area contributed by atoms with Crippen molar-refractivity contribution < 1.29 is 14.3 Å². The average Bonchev–Trinajstić information content (AvgIpc) is 2.52. The predicted molar refractivity (Wildman–Crippen MR) is 90.6 cm³/mol. The van der Waals surface area contributed by atoms with E-state index in [0.717, 1.165) is 5.56 Å². The molecule has 6 heteroatoms. The summed E-state index contributed by atoms with van der Waals surface area (Å²) < 4.78 is 10.9. The first-order valence-electron chi connectivity index (χ1n) is 7.77. The fraction of sp³-hybridized carbons (Fsp3) is 0.588. The van der Waals surface area contributed by atoms with E-state index in [0.29, 0.717) is 30.3 Å². The minimum Gasteiger partial charge on any atom is -0.496 e. The van der Waals surface area contributed by atoms with Gasteiger partial charge >= 0.3 is 0 Å². The lowest BCUT2D eigenvalue weighted by atomic mass is 9.54. The van der Waals surface area contributed by atoms with E-state index in [2.05, 4.69) is 5.32 Å². The van der Waals surface area contributed by atoms with Crippen LogP contribution >= 0.6 is 11.6 Å². The second-order valence-electron chi connectivity index (χ2n) is 6.48. The van der Waals surface area contributed by atoms with Crippen molar-refractivity contribution in [2.45, 2.75) is 45.4 Å².